The molecule has 0 amide bonds. The number of rotatable bonds is 4. The van der Waals surface area contributed by atoms with Crippen LogP contribution in [0.1, 0.15) is 53.9 Å². The summed E-state index contributed by atoms with van der Waals surface area (Å²) < 4.78 is 41.1. The summed E-state index contributed by atoms with van der Waals surface area (Å²) in [6.07, 6.45) is -0.342. The van der Waals surface area contributed by atoms with Crippen LogP contribution in [0.4, 0.5) is 8.78 Å². The second-order valence-corrected chi connectivity index (χ2v) is 11.1. The van der Waals surface area contributed by atoms with Crippen molar-refractivity contribution >= 4 is 23.5 Å². The highest BCUT2D eigenvalue weighted by Crippen LogP contribution is 2.69. The number of hydrogen-bond donors (Lipinski definition) is 1. The molecule has 0 heterocycles. The molecule has 9 heteroatoms. The molecule has 0 radical (unpaired) electrons. The van der Waals surface area contributed by atoms with Gasteiger partial charge in [0.2, 0.25) is 5.78 Å². The van der Waals surface area contributed by atoms with Gasteiger partial charge < -0.3 is 14.6 Å². The number of halogens is 2. The summed E-state index contributed by atoms with van der Waals surface area (Å²) in [6.45, 7) is 6.92. The van der Waals surface area contributed by atoms with Gasteiger partial charge >= 0.3 is 11.9 Å². The molecule has 0 saturated heterocycles. The Balaban J connectivity index is 1.83. The molecule has 0 aromatic heterocycles. The highest BCUT2D eigenvalue weighted by molar-refractivity contribution is 5.98. The minimum atomic E-state index is -2.10. The van der Waals surface area contributed by atoms with E-state index in [0.29, 0.717) is 6.42 Å². The Bertz CT molecular complexity index is 1050. The number of esters is 2. The highest BCUT2D eigenvalue weighted by atomic mass is 19.1. The minimum absolute atomic E-state index is 0.0332. The predicted octanol–water partition coefficient (Wildman–Crippen LogP) is 3.19. The molecule has 1 N–H and O–H groups in total. The van der Waals surface area contributed by atoms with Crippen LogP contribution in [0, 0.1) is 34.5 Å². The Hall–Kier alpha value is -2.42. The van der Waals surface area contributed by atoms with Crippen LogP contribution in [0.15, 0.2) is 23.6 Å². The maximum Gasteiger partial charge on any atom is 0.303 e. The van der Waals surface area contributed by atoms with Gasteiger partial charge in [0.05, 0.1) is 6.10 Å². The minimum Gasteiger partial charge on any atom is -0.458 e. The van der Waals surface area contributed by atoms with Crippen molar-refractivity contribution in [2.75, 3.05) is 6.61 Å². The summed E-state index contributed by atoms with van der Waals surface area (Å²) in [5, 5.41) is 11.5. The van der Waals surface area contributed by atoms with Gasteiger partial charge in [-0.1, -0.05) is 26.8 Å². The van der Waals surface area contributed by atoms with Crippen LogP contribution in [0.2, 0.25) is 0 Å². The summed E-state index contributed by atoms with van der Waals surface area (Å²) in [5.41, 5.74) is -4.21. The largest absolute Gasteiger partial charge is 0.458 e. The van der Waals surface area contributed by atoms with E-state index in [1.54, 1.807) is 20.8 Å². The number of ketones is 2. The zero-order valence-electron chi connectivity index (χ0n) is 20.6. The Morgan fingerprint density at radius 3 is 2.46 bits per heavy atom. The predicted molar refractivity (Wildman–Crippen MR) is 119 cm³/mol. The van der Waals surface area contributed by atoms with E-state index >= 15 is 4.39 Å². The van der Waals surface area contributed by atoms with Crippen molar-refractivity contribution in [3.05, 3.63) is 23.6 Å². The number of aliphatic hydroxyl groups excluding tert-OH is 1. The lowest BCUT2D eigenvalue weighted by atomic mass is 9.46. The standard InChI is InChI=1S/C26H32F2O7/c1-12-8-16-15-9-17(27)22-23(28)18(31)6-7-24(22,4)21(15)19(32)10-25(16,5)26(12,35-14(3)30)20(33)11-34-13(2)29/h6-7,12,15-16,19,21,23,32H,8-11H2,1-5H3/t12-,15-,16-,19-,21+,23+,24+,25-,26-/m0/s1. The van der Waals surface area contributed by atoms with Gasteiger partial charge in [-0.2, -0.15) is 0 Å². The third-order valence-electron chi connectivity index (χ3n) is 9.20. The molecule has 7 nitrogen and oxygen atoms in total. The van der Waals surface area contributed by atoms with Crippen LogP contribution in [-0.4, -0.2) is 53.1 Å². The number of allylic oxidation sites excluding steroid dienone is 4. The van der Waals surface area contributed by atoms with Crippen molar-refractivity contribution in [1.82, 2.24) is 0 Å². The Kier molecular flexibility index (Phi) is 6.10. The molecule has 0 unspecified atom stereocenters. The molecule has 0 aliphatic heterocycles. The molecule has 0 spiro atoms. The molecule has 192 valence electrons. The van der Waals surface area contributed by atoms with Gasteiger partial charge in [0.15, 0.2) is 24.2 Å². The van der Waals surface area contributed by atoms with Gasteiger partial charge in [-0.05, 0) is 30.8 Å². The normalized spacial score (nSPS) is 44.3. The molecule has 2 fully saturated rings. The lowest BCUT2D eigenvalue weighted by molar-refractivity contribution is -0.204. The van der Waals surface area contributed by atoms with Crippen LogP contribution in [0.25, 0.3) is 0 Å². The summed E-state index contributed by atoms with van der Waals surface area (Å²) in [7, 11) is 0. The van der Waals surface area contributed by atoms with E-state index in [0.717, 1.165) is 6.08 Å². The second kappa shape index (κ2) is 8.32. The van der Waals surface area contributed by atoms with Gasteiger partial charge in [-0.15, -0.1) is 0 Å². The molecule has 35 heavy (non-hydrogen) atoms. The van der Waals surface area contributed by atoms with E-state index in [9.17, 15) is 28.7 Å². The van der Waals surface area contributed by atoms with Crippen LogP contribution in [0.5, 0.6) is 0 Å². The van der Waals surface area contributed by atoms with Gasteiger partial charge in [0, 0.05) is 48.5 Å². The van der Waals surface area contributed by atoms with E-state index in [2.05, 4.69) is 0 Å². The zero-order valence-corrected chi connectivity index (χ0v) is 20.6. The maximum atomic E-state index is 15.5. The molecule has 9 atom stereocenters. The number of hydrogen-bond acceptors (Lipinski definition) is 7. The third-order valence-corrected chi connectivity index (χ3v) is 9.20. The second-order valence-electron chi connectivity index (χ2n) is 11.1. The number of carbonyl (C=O) groups excluding carboxylic acids is 4. The smallest absolute Gasteiger partial charge is 0.303 e. The van der Waals surface area contributed by atoms with E-state index in [-0.39, 0.29) is 24.3 Å². The number of ether oxygens (including phenoxy) is 2. The molecule has 4 aliphatic rings. The number of alkyl halides is 1. The average Bonchev–Trinajstić information content (AvgIpc) is 2.96. The summed E-state index contributed by atoms with van der Waals surface area (Å²) >= 11 is 0. The molecule has 2 saturated carbocycles. The van der Waals surface area contributed by atoms with Gasteiger partial charge in [0.1, 0.15) is 5.83 Å². The fraction of sp³-hybridized carbons (Fsp3) is 0.692. The fourth-order valence-electron chi connectivity index (χ4n) is 8.06. The van der Waals surface area contributed by atoms with E-state index in [1.165, 1.54) is 19.9 Å². The highest BCUT2D eigenvalue weighted by Gasteiger charge is 2.73. The summed E-state index contributed by atoms with van der Waals surface area (Å²) in [5.74, 6) is -5.42. The molecule has 0 bridgehead atoms. The molecular formula is C26H32F2O7. The van der Waals surface area contributed by atoms with Crippen molar-refractivity contribution in [2.45, 2.75) is 71.8 Å². The zero-order chi connectivity index (χ0) is 26.1. The number of Topliss-reactive ketones (excluding diaryl/α,β-unsaturated/α-hetero) is 1. The average molecular weight is 495 g/mol. The first-order chi connectivity index (χ1) is 16.2. The van der Waals surface area contributed by atoms with Crippen LogP contribution < -0.4 is 0 Å². The number of carbonyl (C=O) groups is 4. The van der Waals surface area contributed by atoms with Crippen molar-refractivity contribution in [3.8, 4) is 0 Å². The first-order valence-electron chi connectivity index (χ1n) is 12.0. The molecule has 0 aromatic rings. The van der Waals surface area contributed by atoms with Gasteiger partial charge in [-0.3, -0.25) is 19.2 Å². The Morgan fingerprint density at radius 1 is 1.20 bits per heavy atom. The monoisotopic (exact) mass is 494 g/mol. The van der Waals surface area contributed by atoms with Crippen molar-refractivity contribution in [2.24, 2.45) is 34.5 Å². The lowest BCUT2D eigenvalue weighted by Crippen LogP contribution is -2.64. The van der Waals surface area contributed by atoms with E-state index in [1.807, 2.05) is 0 Å². The quantitative estimate of drug-likeness (QED) is 0.598. The molecule has 4 rings (SSSR count). The van der Waals surface area contributed by atoms with Crippen LogP contribution in [0.3, 0.4) is 0 Å². The lowest BCUT2D eigenvalue weighted by Gasteiger charge is -2.59. The Morgan fingerprint density at radius 2 is 1.86 bits per heavy atom. The summed E-state index contributed by atoms with van der Waals surface area (Å²) in [4.78, 5) is 49.2. The van der Waals surface area contributed by atoms with Crippen LogP contribution >= 0.6 is 0 Å². The van der Waals surface area contributed by atoms with Gasteiger partial charge in [0.25, 0.3) is 0 Å². The van der Waals surface area contributed by atoms with Crippen molar-refractivity contribution in [3.63, 3.8) is 0 Å². The SMILES string of the molecule is CC(=O)OCC(=O)[C@@]1(OC(C)=O)[C@@H](C)C[C@H]2[C@@H]3CC(F)=C4[C@H](F)C(=O)C=C[C@]4(C)[C@H]3[C@@H](O)C[C@@]21C. The van der Waals surface area contributed by atoms with Gasteiger partial charge in [-0.25, -0.2) is 8.78 Å². The molecule has 4 aliphatic carbocycles. The first-order valence-corrected chi connectivity index (χ1v) is 12.0. The van der Waals surface area contributed by atoms with E-state index < -0.39 is 82.4 Å². The van der Waals surface area contributed by atoms with Crippen molar-refractivity contribution < 1.29 is 42.5 Å². The number of aliphatic hydroxyl groups is 1. The first kappa shape index (κ1) is 25.7. The van der Waals surface area contributed by atoms with Crippen molar-refractivity contribution in [1.29, 1.82) is 0 Å². The Labute approximate surface area is 202 Å². The molecule has 0 aromatic carbocycles. The summed E-state index contributed by atoms with van der Waals surface area (Å²) in [6, 6.07) is 0. The van der Waals surface area contributed by atoms with E-state index in [4.69, 9.17) is 9.47 Å². The van der Waals surface area contributed by atoms with Crippen LogP contribution in [-0.2, 0) is 28.7 Å². The fourth-order valence-corrected chi connectivity index (χ4v) is 8.06. The number of fused-ring (bicyclic) bond motifs is 5. The molecular weight excluding hydrogens is 462 g/mol. The maximum absolute atomic E-state index is 15.5. The third kappa shape index (κ3) is 3.44. The topological polar surface area (TPSA) is 107 Å².